The van der Waals surface area contributed by atoms with Gasteiger partial charge in [-0.25, -0.2) is 4.79 Å². The fourth-order valence-corrected chi connectivity index (χ4v) is 5.54. The molecule has 0 unspecified atom stereocenters. The van der Waals surface area contributed by atoms with Crippen molar-refractivity contribution in [3.05, 3.63) is 61.9 Å². The van der Waals surface area contributed by atoms with E-state index in [1.165, 1.54) is 11.3 Å². The molecule has 3 aromatic rings. The van der Waals surface area contributed by atoms with Crippen LogP contribution in [0.2, 0.25) is 0 Å². The van der Waals surface area contributed by atoms with Crippen LogP contribution in [0.15, 0.2) is 44.0 Å². The summed E-state index contributed by atoms with van der Waals surface area (Å²) in [6.45, 7) is 11.0. The molecule has 0 amide bonds. The highest BCUT2D eigenvalue weighted by Crippen LogP contribution is 2.52. The highest BCUT2D eigenvalue weighted by Gasteiger charge is 2.42. The van der Waals surface area contributed by atoms with Gasteiger partial charge < -0.3 is 9.32 Å². The minimum absolute atomic E-state index is 0.00332. The molecular formula is C26H26BrNO3. The third kappa shape index (κ3) is 3.00. The van der Waals surface area contributed by atoms with Crippen molar-refractivity contribution in [3.63, 3.8) is 0 Å². The van der Waals surface area contributed by atoms with E-state index in [9.17, 15) is 9.59 Å². The van der Waals surface area contributed by atoms with E-state index in [4.69, 9.17) is 4.42 Å². The molecule has 5 heteroatoms. The van der Waals surface area contributed by atoms with Crippen molar-refractivity contribution in [2.75, 3.05) is 18.0 Å². The molecule has 3 heterocycles. The van der Waals surface area contributed by atoms with Gasteiger partial charge in [0, 0.05) is 39.8 Å². The van der Waals surface area contributed by atoms with E-state index in [0.29, 0.717) is 17.4 Å². The second-order valence-corrected chi connectivity index (χ2v) is 11.0. The summed E-state index contributed by atoms with van der Waals surface area (Å²) in [6.07, 6.45) is 2.69. The van der Waals surface area contributed by atoms with Crippen LogP contribution in [-0.2, 0) is 10.8 Å². The van der Waals surface area contributed by atoms with Gasteiger partial charge in [0.2, 0.25) is 0 Å². The molecule has 31 heavy (non-hydrogen) atoms. The van der Waals surface area contributed by atoms with Crippen LogP contribution in [-0.4, -0.2) is 19.4 Å². The maximum absolute atomic E-state index is 13.0. The van der Waals surface area contributed by atoms with Crippen LogP contribution in [0.1, 0.15) is 62.0 Å². The van der Waals surface area contributed by atoms with Gasteiger partial charge in [-0.05, 0) is 53.0 Å². The fourth-order valence-electron chi connectivity index (χ4n) is 5.27. The van der Waals surface area contributed by atoms with Gasteiger partial charge in [-0.2, -0.15) is 0 Å². The van der Waals surface area contributed by atoms with E-state index in [1.807, 2.05) is 24.3 Å². The van der Waals surface area contributed by atoms with Crippen LogP contribution >= 0.6 is 15.9 Å². The van der Waals surface area contributed by atoms with E-state index >= 15 is 0 Å². The fraction of sp³-hybridized carbons (Fsp3) is 0.385. The molecule has 0 radical (unpaired) electrons. The molecule has 0 aliphatic carbocycles. The van der Waals surface area contributed by atoms with Crippen molar-refractivity contribution < 1.29 is 9.21 Å². The summed E-state index contributed by atoms with van der Waals surface area (Å²) >= 11 is 3.48. The molecule has 0 N–H and O–H groups in total. The van der Waals surface area contributed by atoms with E-state index in [1.54, 1.807) is 0 Å². The molecule has 0 spiro atoms. The zero-order chi connectivity index (χ0) is 22.1. The van der Waals surface area contributed by atoms with Crippen LogP contribution in [0.4, 0.5) is 5.69 Å². The molecular weight excluding hydrogens is 454 g/mol. The largest absolute Gasteiger partial charge is 0.422 e. The maximum Gasteiger partial charge on any atom is 0.347 e. The van der Waals surface area contributed by atoms with E-state index < -0.39 is 5.63 Å². The van der Waals surface area contributed by atoms with Crippen molar-refractivity contribution in [1.82, 2.24) is 0 Å². The molecule has 0 saturated heterocycles. The van der Waals surface area contributed by atoms with Crippen molar-refractivity contribution in [1.29, 1.82) is 0 Å². The van der Waals surface area contributed by atoms with Crippen LogP contribution < -0.4 is 10.5 Å². The summed E-state index contributed by atoms with van der Waals surface area (Å²) in [5.74, 6) is 0. The Kier molecular flexibility index (Phi) is 4.50. The number of hydrogen-bond acceptors (Lipinski definition) is 4. The Morgan fingerprint density at radius 2 is 1.68 bits per heavy atom. The molecule has 4 nitrogen and oxygen atoms in total. The second kappa shape index (κ2) is 6.80. The van der Waals surface area contributed by atoms with Gasteiger partial charge in [0.05, 0.1) is 0 Å². The smallest absolute Gasteiger partial charge is 0.347 e. The predicted octanol–water partition coefficient (Wildman–Crippen LogP) is 6.20. The van der Waals surface area contributed by atoms with Crippen molar-refractivity contribution >= 4 is 38.9 Å². The Balaban J connectivity index is 2.01. The van der Waals surface area contributed by atoms with E-state index in [-0.39, 0.29) is 16.4 Å². The lowest BCUT2D eigenvalue weighted by Gasteiger charge is -2.48. The molecule has 0 bridgehead atoms. The number of halogens is 1. The Morgan fingerprint density at radius 1 is 1.03 bits per heavy atom. The Bertz CT molecular complexity index is 1280. The predicted molar refractivity (Wildman–Crippen MR) is 129 cm³/mol. The van der Waals surface area contributed by atoms with Crippen LogP contribution in [0, 0.1) is 0 Å². The highest BCUT2D eigenvalue weighted by molar-refractivity contribution is 9.10. The third-order valence-electron chi connectivity index (χ3n) is 7.19. The first kappa shape index (κ1) is 20.5. The first-order chi connectivity index (χ1) is 14.6. The molecule has 5 rings (SSSR count). The first-order valence-electron chi connectivity index (χ1n) is 10.8. The third-order valence-corrected chi connectivity index (χ3v) is 7.72. The number of carbonyl (C=O) groups is 1. The van der Waals surface area contributed by atoms with Gasteiger partial charge in [-0.3, -0.25) is 4.79 Å². The highest BCUT2D eigenvalue weighted by atomic mass is 79.9. The van der Waals surface area contributed by atoms with E-state index in [0.717, 1.165) is 46.9 Å². The number of aldehydes is 1. The van der Waals surface area contributed by atoms with Crippen molar-refractivity contribution in [2.45, 2.75) is 51.4 Å². The van der Waals surface area contributed by atoms with Gasteiger partial charge >= 0.3 is 5.63 Å². The van der Waals surface area contributed by atoms with Crippen molar-refractivity contribution in [2.24, 2.45) is 0 Å². The topological polar surface area (TPSA) is 50.5 Å². The Morgan fingerprint density at radius 3 is 2.32 bits per heavy atom. The number of carbonyl (C=O) groups excluding carboxylic acids is 1. The lowest BCUT2D eigenvalue weighted by molar-refractivity contribution is 0.112. The van der Waals surface area contributed by atoms with Gasteiger partial charge in [-0.15, -0.1) is 0 Å². The number of rotatable bonds is 2. The quantitative estimate of drug-likeness (QED) is 0.324. The summed E-state index contributed by atoms with van der Waals surface area (Å²) in [5, 5.41) is 0.850. The van der Waals surface area contributed by atoms with Crippen LogP contribution in [0.25, 0.3) is 22.1 Å². The Labute approximate surface area is 190 Å². The SMILES string of the molecule is CC1(C)CCN2CCC(C)(C)c3c2c1cc1c(-c2ccc(Br)cc2)c(C=O)c(=O)oc31. The normalized spacial score (nSPS) is 18.7. The van der Waals surface area contributed by atoms with Crippen LogP contribution in [0.3, 0.4) is 0 Å². The molecule has 2 aromatic carbocycles. The maximum atomic E-state index is 13.0. The standard InChI is InChI=1S/C26H26BrNO3/c1-25(2)9-11-28-12-10-26(3,4)21-22(28)19(25)13-17-20(15-5-7-16(27)8-6-15)18(14-29)24(30)31-23(17)21/h5-8,13-14H,9-12H2,1-4H3. The van der Waals surface area contributed by atoms with E-state index in [2.05, 4.69) is 54.6 Å². The molecule has 2 aliphatic rings. The first-order valence-corrected chi connectivity index (χ1v) is 11.6. The molecule has 0 fully saturated rings. The zero-order valence-corrected chi connectivity index (χ0v) is 19.9. The van der Waals surface area contributed by atoms with Crippen LogP contribution in [0.5, 0.6) is 0 Å². The minimum Gasteiger partial charge on any atom is -0.422 e. The number of anilines is 1. The number of nitrogens with zero attached hydrogens (tertiary/aromatic N) is 1. The number of benzene rings is 2. The average molecular weight is 480 g/mol. The summed E-state index contributed by atoms with van der Waals surface area (Å²) in [4.78, 5) is 27.4. The number of hydrogen-bond donors (Lipinski definition) is 0. The zero-order valence-electron chi connectivity index (χ0n) is 18.3. The lowest BCUT2D eigenvalue weighted by atomic mass is 9.68. The van der Waals surface area contributed by atoms with Gasteiger partial charge in [0.1, 0.15) is 11.1 Å². The summed E-state index contributed by atoms with van der Waals surface area (Å²) < 4.78 is 6.87. The molecule has 2 aliphatic heterocycles. The van der Waals surface area contributed by atoms with Gasteiger partial charge in [0.15, 0.2) is 6.29 Å². The number of fused-ring (bicyclic) bond motifs is 2. The van der Waals surface area contributed by atoms with Gasteiger partial charge in [-0.1, -0.05) is 55.8 Å². The average Bonchev–Trinajstić information content (AvgIpc) is 2.71. The second-order valence-electron chi connectivity index (χ2n) is 10.1. The summed E-state index contributed by atoms with van der Waals surface area (Å²) in [7, 11) is 0. The molecule has 0 atom stereocenters. The summed E-state index contributed by atoms with van der Waals surface area (Å²) in [5.41, 5.74) is 5.12. The van der Waals surface area contributed by atoms with Gasteiger partial charge in [0.25, 0.3) is 0 Å². The minimum atomic E-state index is -0.570. The van der Waals surface area contributed by atoms with Crippen molar-refractivity contribution in [3.8, 4) is 11.1 Å². The lowest BCUT2D eigenvalue weighted by Crippen LogP contribution is -2.44. The summed E-state index contributed by atoms with van der Waals surface area (Å²) in [6, 6.07) is 9.93. The molecule has 0 saturated carbocycles. The molecule has 1 aromatic heterocycles. The Hall–Kier alpha value is -2.40. The molecule has 160 valence electrons. The monoisotopic (exact) mass is 479 g/mol.